The highest BCUT2D eigenvalue weighted by Gasteiger charge is 2.32. The number of hydrogen-bond donors (Lipinski definition) is 0. The molecule has 0 fully saturated rings. The van der Waals surface area contributed by atoms with Crippen molar-refractivity contribution in [1.82, 2.24) is 0 Å². The first kappa shape index (κ1) is 40.2. The Morgan fingerprint density at radius 2 is 0.891 bits per heavy atom. The Hall–Kier alpha value is -1.94. The lowest BCUT2D eigenvalue weighted by molar-refractivity contribution is -0.156. The highest BCUT2D eigenvalue weighted by molar-refractivity contribution is 6.47. The molecule has 0 saturated carbocycles. The van der Waals surface area contributed by atoms with E-state index in [0.29, 0.717) is 24.7 Å². The fourth-order valence-corrected chi connectivity index (χ4v) is 6.12. The van der Waals surface area contributed by atoms with Crippen LogP contribution in [0.3, 0.4) is 0 Å². The van der Waals surface area contributed by atoms with Crippen LogP contribution in [0.25, 0.3) is 0 Å². The van der Waals surface area contributed by atoms with Gasteiger partial charge in [0, 0.05) is 0 Å². The number of rotatable bonds is 14. The SMILES string of the molecule is CC(C)CC(C)CCOC(=O)c1c(Cl)c(Cl)cc(Cl)c1OC(=O)C(=O)Oc1c(Cl)cc(Cl)c(Cl)c1C(=O)OCCC(C)CC(C)C. The zero-order valence-corrected chi connectivity index (χ0v) is 30.8. The van der Waals surface area contributed by atoms with Gasteiger partial charge < -0.3 is 18.9 Å². The van der Waals surface area contributed by atoms with Crippen LogP contribution in [-0.4, -0.2) is 37.1 Å². The van der Waals surface area contributed by atoms with Gasteiger partial charge in [0.2, 0.25) is 0 Å². The number of benzene rings is 2. The number of halogens is 6. The Labute approximate surface area is 299 Å². The molecule has 0 aliphatic heterocycles. The van der Waals surface area contributed by atoms with E-state index in [1.165, 1.54) is 0 Å². The van der Waals surface area contributed by atoms with Crippen molar-refractivity contribution in [3.05, 3.63) is 53.4 Å². The van der Waals surface area contributed by atoms with Gasteiger partial charge in [-0.2, -0.15) is 0 Å². The lowest BCUT2D eigenvalue weighted by Gasteiger charge is -2.17. The molecule has 0 amide bonds. The summed E-state index contributed by atoms with van der Waals surface area (Å²) < 4.78 is 21.0. The Morgan fingerprint density at radius 3 is 1.20 bits per heavy atom. The molecule has 2 aromatic rings. The first-order chi connectivity index (χ1) is 21.4. The van der Waals surface area contributed by atoms with Crippen LogP contribution in [0.15, 0.2) is 12.1 Å². The predicted molar refractivity (Wildman–Crippen MR) is 181 cm³/mol. The summed E-state index contributed by atoms with van der Waals surface area (Å²) in [5, 5.41) is -1.53. The average Bonchev–Trinajstić information content (AvgIpc) is 2.93. The zero-order chi connectivity index (χ0) is 34.9. The van der Waals surface area contributed by atoms with E-state index in [0.717, 1.165) is 25.0 Å². The molecule has 0 aliphatic carbocycles. The summed E-state index contributed by atoms with van der Waals surface area (Å²) in [7, 11) is 0. The van der Waals surface area contributed by atoms with Gasteiger partial charge in [0.05, 0.1) is 43.3 Å². The van der Waals surface area contributed by atoms with Crippen molar-refractivity contribution >= 4 is 93.5 Å². The van der Waals surface area contributed by atoms with E-state index in [1.54, 1.807) is 0 Å². The molecule has 0 bridgehead atoms. The number of ether oxygens (including phenoxy) is 4. The summed E-state index contributed by atoms with van der Waals surface area (Å²) in [6.45, 7) is 12.5. The minimum Gasteiger partial charge on any atom is -0.462 e. The van der Waals surface area contributed by atoms with E-state index in [9.17, 15) is 19.2 Å². The molecule has 0 aliphatic rings. The van der Waals surface area contributed by atoms with E-state index >= 15 is 0 Å². The van der Waals surface area contributed by atoms with Crippen LogP contribution < -0.4 is 9.47 Å². The van der Waals surface area contributed by atoms with Gasteiger partial charge in [-0.3, -0.25) is 0 Å². The Balaban J connectivity index is 2.28. The molecule has 254 valence electrons. The third-order valence-electron chi connectivity index (χ3n) is 6.65. The number of hydrogen-bond acceptors (Lipinski definition) is 8. The van der Waals surface area contributed by atoms with Gasteiger partial charge in [-0.05, 0) is 61.5 Å². The van der Waals surface area contributed by atoms with Crippen molar-refractivity contribution < 1.29 is 38.1 Å². The van der Waals surface area contributed by atoms with E-state index < -0.39 is 46.5 Å². The van der Waals surface area contributed by atoms with Crippen LogP contribution >= 0.6 is 69.6 Å². The Kier molecular flexibility index (Phi) is 16.2. The van der Waals surface area contributed by atoms with Crippen molar-refractivity contribution in [2.24, 2.45) is 23.7 Å². The molecule has 0 aromatic heterocycles. The van der Waals surface area contributed by atoms with Gasteiger partial charge in [-0.15, -0.1) is 0 Å². The molecular weight excluding hydrogens is 725 g/mol. The molecule has 2 atom stereocenters. The van der Waals surface area contributed by atoms with Crippen LogP contribution in [-0.2, 0) is 19.1 Å². The second kappa shape index (κ2) is 18.6. The largest absolute Gasteiger partial charge is 0.462 e. The standard InChI is InChI=1S/C32H36Cl6O8/c1-15(2)11-17(5)7-9-43-29(39)23-25(37)19(33)13-21(35)27(23)45-31(41)32(42)46-28-22(36)14-20(34)26(38)24(28)30(40)44-10-8-18(6)12-16(3)4/h13-18H,7-12H2,1-6H3. The smallest absolute Gasteiger partial charge is 0.423 e. The van der Waals surface area contributed by atoms with Gasteiger partial charge >= 0.3 is 23.9 Å². The zero-order valence-electron chi connectivity index (χ0n) is 26.2. The van der Waals surface area contributed by atoms with E-state index in [-0.39, 0.29) is 55.2 Å². The van der Waals surface area contributed by atoms with Crippen LogP contribution in [0.2, 0.25) is 30.1 Å². The molecule has 0 heterocycles. The maximum absolute atomic E-state index is 13.0. The molecule has 0 radical (unpaired) electrons. The van der Waals surface area contributed by atoms with Crippen LogP contribution in [0.5, 0.6) is 11.5 Å². The molecule has 2 rings (SSSR count). The molecule has 2 unspecified atom stereocenters. The van der Waals surface area contributed by atoms with Crippen molar-refractivity contribution in [2.45, 2.75) is 67.2 Å². The van der Waals surface area contributed by atoms with E-state index in [2.05, 4.69) is 27.7 Å². The third kappa shape index (κ3) is 11.6. The first-order valence-electron chi connectivity index (χ1n) is 14.6. The fourth-order valence-electron chi connectivity index (χ4n) is 4.69. The van der Waals surface area contributed by atoms with Gasteiger partial charge in [0.1, 0.15) is 11.1 Å². The molecular formula is C32H36Cl6O8. The number of carbonyl (C=O) groups excluding carboxylic acids is 4. The second-order valence-corrected chi connectivity index (χ2v) is 14.2. The van der Waals surface area contributed by atoms with Crippen LogP contribution in [0.4, 0.5) is 0 Å². The summed E-state index contributed by atoms with van der Waals surface area (Å²) in [4.78, 5) is 51.9. The maximum Gasteiger partial charge on any atom is 0.423 e. The molecule has 0 N–H and O–H groups in total. The molecule has 8 nitrogen and oxygen atoms in total. The summed E-state index contributed by atoms with van der Waals surface area (Å²) in [5.41, 5.74) is -0.944. The monoisotopic (exact) mass is 758 g/mol. The lowest BCUT2D eigenvalue weighted by atomic mass is 9.96. The first-order valence-corrected chi connectivity index (χ1v) is 16.8. The molecule has 0 saturated heterocycles. The quantitative estimate of drug-likeness (QED) is 0.0811. The normalized spacial score (nSPS) is 12.6. The van der Waals surface area contributed by atoms with Crippen molar-refractivity contribution in [1.29, 1.82) is 0 Å². The third-order valence-corrected chi connectivity index (χ3v) is 8.79. The van der Waals surface area contributed by atoms with Crippen LogP contribution in [0.1, 0.15) is 87.9 Å². The van der Waals surface area contributed by atoms with Crippen molar-refractivity contribution in [2.75, 3.05) is 13.2 Å². The minimum absolute atomic E-state index is 0.0357. The fraction of sp³-hybridized carbons (Fsp3) is 0.500. The minimum atomic E-state index is -1.65. The van der Waals surface area contributed by atoms with Crippen molar-refractivity contribution in [3.8, 4) is 11.5 Å². The molecule has 2 aromatic carbocycles. The average molecular weight is 761 g/mol. The van der Waals surface area contributed by atoms with Gasteiger partial charge in [-0.1, -0.05) is 111 Å². The maximum atomic E-state index is 13.0. The predicted octanol–water partition coefficient (Wildman–Crippen LogP) is 10.6. The topological polar surface area (TPSA) is 105 Å². The summed E-state index contributed by atoms with van der Waals surface area (Å²) in [6, 6.07) is 2.24. The summed E-state index contributed by atoms with van der Waals surface area (Å²) in [5.74, 6) is -4.99. The highest BCUT2D eigenvalue weighted by atomic mass is 35.5. The highest BCUT2D eigenvalue weighted by Crippen LogP contribution is 2.42. The summed E-state index contributed by atoms with van der Waals surface area (Å²) in [6.07, 6.45) is 2.96. The molecule has 46 heavy (non-hydrogen) atoms. The number of carbonyl (C=O) groups is 4. The van der Waals surface area contributed by atoms with Gasteiger partial charge in [0.25, 0.3) is 0 Å². The second-order valence-electron chi connectivity index (χ2n) is 11.8. The summed E-state index contributed by atoms with van der Waals surface area (Å²) >= 11 is 37.2. The van der Waals surface area contributed by atoms with E-state index in [1.807, 2.05) is 13.8 Å². The molecule has 14 heteroatoms. The Bertz CT molecular complexity index is 1340. The van der Waals surface area contributed by atoms with E-state index in [4.69, 9.17) is 88.6 Å². The van der Waals surface area contributed by atoms with Gasteiger partial charge in [-0.25, -0.2) is 19.2 Å². The van der Waals surface area contributed by atoms with Crippen LogP contribution in [0, 0.1) is 23.7 Å². The lowest BCUT2D eigenvalue weighted by Crippen LogP contribution is -2.27. The van der Waals surface area contributed by atoms with Gasteiger partial charge in [0.15, 0.2) is 11.5 Å². The number of esters is 4. The Morgan fingerprint density at radius 1 is 0.565 bits per heavy atom. The van der Waals surface area contributed by atoms with Crippen molar-refractivity contribution in [3.63, 3.8) is 0 Å². The molecule has 0 spiro atoms.